The van der Waals surface area contributed by atoms with Crippen molar-refractivity contribution in [2.75, 3.05) is 5.73 Å². The second-order valence-corrected chi connectivity index (χ2v) is 5.84. The Labute approximate surface area is 130 Å². The van der Waals surface area contributed by atoms with E-state index in [1.165, 1.54) is 33.0 Å². The third-order valence-electron chi connectivity index (χ3n) is 3.94. The fourth-order valence-corrected chi connectivity index (χ4v) is 3.05. The van der Waals surface area contributed by atoms with Gasteiger partial charge in [0.1, 0.15) is 0 Å². The van der Waals surface area contributed by atoms with E-state index in [2.05, 4.69) is 44.2 Å². The van der Waals surface area contributed by atoms with Crippen molar-refractivity contribution in [1.29, 1.82) is 0 Å². The number of nitrogen functional groups attached to an aromatic ring is 1. The summed E-state index contributed by atoms with van der Waals surface area (Å²) in [6, 6.07) is 16.8. The van der Waals surface area contributed by atoms with E-state index in [1.807, 2.05) is 18.2 Å². The van der Waals surface area contributed by atoms with Gasteiger partial charge in [-0.2, -0.15) is 0 Å². The minimum Gasteiger partial charge on any atom is -0.399 e. The van der Waals surface area contributed by atoms with Crippen molar-refractivity contribution >= 4 is 28.1 Å². The van der Waals surface area contributed by atoms with Crippen LogP contribution in [-0.2, 0) is 6.42 Å². The Morgan fingerprint density at radius 1 is 0.952 bits per heavy atom. The van der Waals surface area contributed by atoms with Crippen LogP contribution in [0.3, 0.4) is 0 Å². The zero-order chi connectivity index (χ0) is 15.0. The number of aryl methyl sites for hydroxylation is 2. The molecule has 0 aliphatic heterocycles. The number of rotatable bonds is 2. The van der Waals surface area contributed by atoms with E-state index in [0.717, 1.165) is 17.1 Å². The van der Waals surface area contributed by atoms with Crippen molar-refractivity contribution in [3.8, 4) is 11.1 Å². The fourth-order valence-electron chi connectivity index (χ4n) is 2.80. The van der Waals surface area contributed by atoms with Crippen LogP contribution in [0.5, 0.6) is 0 Å². The lowest BCUT2D eigenvalue weighted by Crippen LogP contribution is -1.89. The molecular weight excluding hydrogens is 278 g/mol. The van der Waals surface area contributed by atoms with Gasteiger partial charge in [0.05, 0.1) is 0 Å². The monoisotopic (exact) mass is 295 g/mol. The summed E-state index contributed by atoms with van der Waals surface area (Å²) in [5, 5.41) is 3.26. The molecule has 3 aromatic carbocycles. The Kier molecular flexibility index (Phi) is 3.60. The molecule has 0 atom stereocenters. The first-order valence-corrected chi connectivity index (χ1v) is 7.55. The molecule has 0 radical (unpaired) electrons. The van der Waals surface area contributed by atoms with Crippen LogP contribution in [0.2, 0.25) is 5.02 Å². The first-order chi connectivity index (χ1) is 10.1. The third-order valence-corrected chi connectivity index (χ3v) is 4.31. The number of benzene rings is 3. The maximum Gasteiger partial charge on any atom is 0.0438 e. The standard InChI is InChI=1S/C19H18ClN/c1-3-13-9-15(5-7-19(13)20)14-4-6-18-12(2)8-17(21)11-16(18)10-14/h4-11H,3,21H2,1-2H3. The highest BCUT2D eigenvalue weighted by Crippen LogP contribution is 2.30. The van der Waals surface area contributed by atoms with E-state index in [4.69, 9.17) is 17.3 Å². The molecule has 0 spiro atoms. The summed E-state index contributed by atoms with van der Waals surface area (Å²) in [6.45, 7) is 4.21. The van der Waals surface area contributed by atoms with Crippen LogP contribution in [0.4, 0.5) is 5.69 Å². The fraction of sp³-hybridized carbons (Fsp3) is 0.158. The molecule has 0 saturated carbocycles. The van der Waals surface area contributed by atoms with Gasteiger partial charge in [-0.25, -0.2) is 0 Å². The molecule has 2 heteroatoms. The second-order valence-electron chi connectivity index (χ2n) is 5.43. The molecule has 0 heterocycles. The van der Waals surface area contributed by atoms with E-state index in [9.17, 15) is 0 Å². The van der Waals surface area contributed by atoms with Gasteiger partial charge < -0.3 is 5.73 Å². The Balaban J connectivity index is 2.17. The predicted molar refractivity (Wildman–Crippen MR) is 92.9 cm³/mol. The Hall–Kier alpha value is -1.99. The molecule has 0 unspecified atom stereocenters. The number of anilines is 1. The SMILES string of the molecule is CCc1cc(-c2ccc3c(C)cc(N)cc3c2)ccc1Cl. The van der Waals surface area contributed by atoms with Gasteiger partial charge in [-0.05, 0) is 76.7 Å². The summed E-state index contributed by atoms with van der Waals surface area (Å²) >= 11 is 6.20. The molecular formula is C19H18ClN. The zero-order valence-corrected chi connectivity index (χ0v) is 13.0. The lowest BCUT2D eigenvalue weighted by Gasteiger charge is -2.09. The van der Waals surface area contributed by atoms with Gasteiger partial charge in [0.25, 0.3) is 0 Å². The average Bonchev–Trinajstić information content (AvgIpc) is 2.47. The van der Waals surface area contributed by atoms with Gasteiger partial charge in [-0.1, -0.05) is 36.7 Å². The summed E-state index contributed by atoms with van der Waals surface area (Å²) in [5.74, 6) is 0. The molecule has 0 aromatic heterocycles. The van der Waals surface area contributed by atoms with Gasteiger partial charge in [0, 0.05) is 10.7 Å². The molecule has 3 rings (SSSR count). The molecule has 1 nitrogen and oxygen atoms in total. The summed E-state index contributed by atoms with van der Waals surface area (Å²) in [7, 11) is 0. The maximum atomic E-state index is 6.20. The Morgan fingerprint density at radius 2 is 1.67 bits per heavy atom. The molecule has 0 amide bonds. The molecule has 3 aromatic rings. The molecule has 2 N–H and O–H groups in total. The first kappa shape index (κ1) is 14.0. The largest absolute Gasteiger partial charge is 0.399 e. The predicted octanol–water partition coefficient (Wildman–Crippen LogP) is 5.61. The van der Waals surface area contributed by atoms with E-state index < -0.39 is 0 Å². The highest BCUT2D eigenvalue weighted by Gasteiger charge is 2.05. The summed E-state index contributed by atoms with van der Waals surface area (Å²) in [6.07, 6.45) is 0.937. The summed E-state index contributed by atoms with van der Waals surface area (Å²) < 4.78 is 0. The molecule has 0 bridgehead atoms. The van der Waals surface area contributed by atoms with Crippen molar-refractivity contribution in [3.05, 3.63) is 64.7 Å². The molecule has 0 aliphatic rings. The van der Waals surface area contributed by atoms with Crippen LogP contribution in [-0.4, -0.2) is 0 Å². The number of nitrogens with two attached hydrogens (primary N) is 1. The second kappa shape index (κ2) is 5.42. The number of fused-ring (bicyclic) bond motifs is 1. The van der Waals surface area contributed by atoms with E-state index in [1.54, 1.807) is 0 Å². The van der Waals surface area contributed by atoms with Crippen molar-refractivity contribution in [2.45, 2.75) is 20.3 Å². The van der Waals surface area contributed by atoms with Crippen LogP contribution in [0.25, 0.3) is 21.9 Å². The molecule has 0 aliphatic carbocycles. The highest BCUT2D eigenvalue weighted by atomic mass is 35.5. The van der Waals surface area contributed by atoms with E-state index in [0.29, 0.717) is 0 Å². The average molecular weight is 296 g/mol. The van der Waals surface area contributed by atoms with Gasteiger partial charge >= 0.3 is 0 Å². The van der Waals surface area contributed by atoms with Crippen LogP contribution < -0.4 is 5.73 Å². The van der Waals surface area contributed by atoms with Gasteiger partial charge in [0.15, 0.2) is 0 Å². The summed E-state index contributed by atoms with van der Waals surface area (Å²) in [4.78, 5) is 0. The normalized spacial score (nSPS) is 11.0. The third kappa shape index (κ3) is 2.62. The molecule has 0 fully saturated rings. The Bertz CT molecular complexity index is 821. The van der Waals surface area contributed by atoms with Crippen LogP contribution >= 0.6 is 11.6 Å². The topological polar surface area (TPSA) is 26.0 Å². The smallest absolute Gasteiger partial charge is 0.0438 e. The maximum absolute atomic E-state index is 6.20. The van der Waals surface area contributed by atoms with E-state index in [-0.39, 0.29) is 0 Å². The van der Waals surface area contributed by atoms with Gasteiger partial charge in [0.2, 0.25) is 0 Å². The van der Waals surface area contributed by atoms with Gasteiger partial charge in [-0.3, -0.25) is 0 Å². The number of hydrogen-bond acceptors (Lipinski definition) is 1. The quantitative estimate of drug-likeness (QED) is 0.611. The Morgan fingerprint density at radius 3 is 2.43 bits per heavy atom. The number of halogens is 1. The molecule has 106 valence electrons. The lowest BCUT2D eigenvalue weighted by atomic mass is 9.97. The lowest BCUT2D eigenvalue weighted by molar-refractivity contribution is 1.14. The van der Waals surface area contributed by atoms with Crippen LogP contribution in [0, 0.1) is 6.92 Å². The van der Waals surface area contributed by atoms with Crippen molar-refractivity contribution in [1.82, 2.24) is 0 Å². The molecule has 0 saturated heterocycles. The van der Waals surface area contributed by atoms with Crippen molar-refractivity contribution in [2.24, 2.45) is 0 Å². The van der Waals surface area contributed by atoms with Crippen LogP contribution in [0.15, 0.2) is 48.5 Å². The van der Waals surface area contributed by atoms with E-state index >= 15 is 0 Å². The minimum atomic E-state index is 0.808. The first-order valence-electron chi connectivity index (χ1n) is 7.17. The van der Waals surface area contributed by atoms with Crippen molar-refractivity contribution < 1.29 is 0 Å². The van der Waals surface area contributed by atoms with Gasteiger partial charge in [-0.15, -0.1) is 0 Å². The van der Waals surface area contributed by atoms with Crippen LogP contribution in [0.1, 0.15) is 18.1 Å². The van der Waals surface area contributed by atoms with Crippen molar-refractivity contribution in [3.63, 3.8) is 0 Å². The zero-order valence-electron chi connectivity index (χ0n) is 12.3. The highest BCUT2D eigenvalue weighted by molar-refractivity contribution is 6.31. The number of hydrogen-bond donors (Lipinski definition) is 1. The molecule has 21 heavy (non-hydrogen) atoms. The minimum absolute atomic E-state index is 0.808. The summed E-state index contributed by atoms with van der Waals surface area (Å²) in [5.41, 5.74) is 11.5.